The Bertz CT molecular complexity index is 2000. The average Bonchev–Trinajstić information content (AvgIpc) is 2.95. The van der Waals surface area contributed by atoms with Crippen molar-refractivity contribution in [3.8, 4) is 0 Å². The zero-order valence-electron chi connectivity index (χ0n) is 22.8. The van der Waals surface area contributed by atoms with Crippen molar-refractivity contribution in [3.63, 3.8) is 0 Å². The first-order valence-electron chi connectivity index (χ1n) is 13.3. The normalized spacial score (nSPS) is 12.3. The van der Waals surface area contributed by atoms with Gasteiger partial charge in [0.1, 0.15) is 0 Å². The number of alkyl halides is 3. The summed E-state index contributed by atoms with van der Waals surface area (Å²) < 4.78 is 64.9. The minimum absolute atomic E-state index is 0.314. The number of aryl methyl sites for hydroxylation is 2. The Hall–Kier alpha value is -4.40. The minimum Gasteiger partial charge on any atom is -0.310 e. The van der Waals surface area contributed by atoms with Gasteiger partial charge in [-0.05, 0) is 94.2 Å². The largest absolute Gasteiger partial charge is 0.523 e. The van der Waals surface area contributed by atoms with Gasteiger partial charge in [-0.25, -0.2) is 0 Å². The van der Waals surface area contributed by atoms with Gasteiger partial charge in [0.05, 0.1) is 6.61 Å². The number of nitrogens with zero attached hydrogens (tertiary/aromatic N) is 1. The Balaban J connectivity index is 1.42. The zero-order valence-corrected chi connectivity index (χ0v) is 23.6. The van der Waals surface area contributed by atoms with Gasteiger partial charge in [0.25, 0.3) is 0 Å². The van der Waals surface area contributed by atoms with Gasteiger partial charge in [0.15, 0.2) is 0 Å². The molecule has 6 rings (SSSR count). The van der Waals surface area contributed by atoms with E-state index in [0.717, 1.165) is 49.4 Å². The highest BCUT2D eigenvalue weighted by molar-refractivity contribution is 7.87. The second-order valence-electron chi connectivity index (χ2n) is 10.4. The van der Waals surface area contributed by atoms with E-state index in [9.17, 15) is 21.6 Å². The molecular weight excluding hydrogens is 559 g/mol. The summed E-state index contributed by atoms with van der Waals surface area (Å²) in [6.45, 7) is 3.43. The molecule has 0 amide bonds. The van der Waals surface area contributed by atoms with Crippen LogP contribution in [0.5, 0.6) is 0 Å². The van der Waals surface area contributed by atoms with Crippen LogP contribution in [0.15, 0.2) is 109 Å². The molecule has 0 unspecified atom stereocenters. The van der Waals surface area contributed by atoms with Crippen LogP contribution in [-0.2, 0) is 20.9 Å². The van der Waals surface area contributed by atoms with Gasteiger partial charge in [-0.3, -0.25) is 4.18 Å². The Morgan fingerprint density at radius 2 is 0.952 bits per heavy atom. The lowest BCUT2D eigenvalue weighted by molar-refractivity contribution is -0.0547. The molecule has 0 atom stereocenters. The van der Waals surface area contributed by atoms with Crippen molar-refractivity contribution < 1.29 is 25.8 Å². The Labute approximate surface area is 241 Å². The van der Waals surface area contributed by atoms with Crippen LogP contribution >= 0.6 is 0 Å². The SMILES string of the molecule is Cc1ccc2cc(N(c3ccc4cc(C)ccc4c3)c3ccc4cc(COS(=O)(=O)C(F)(F)F)ccc4c3)ccc2c1. The van der Waals surface area contributed by atoms with Crippen LogP contribution in [0.25, 0.3) is 32.3 Å². The number of rotatable bonds is 6. The van der Waals surface area contributed by atoms with Gasteiger partial charge < -0.3 is 4.90 Å². The lowest BCUT2D eigenvalue weighted by Crippen LogP contribution is -2.25. The first kappa shape index (κ1) is 27.8. The van der Waals surface area contributed by atoms with Crippen LogP contribution in [0.4, 0.5) is 30.2 Å². The van der Waals surface area contributed by atoms with Crippen molar-refractivity contribution in [2.45, 2.75) is 26.0 Å². The molecule has 0 saturated heterocycles. The molecule has 0 aliphatic carbocycles. The number of halogens is 3. The summed E-state index contributed by atoms with van der Waals surface area (Å²) in [5.74, 6) is 0. The molecule has 0 aliphatic rings. The van der Waals surface area contributed by atoms with Gasteiger partial charge in [0.2, 0.25) is 0 Å². The van der Waals surface area contributed by atoms with E-state index >= 15 is 0 Å². The van der Waals surface area contributed by atoms with E-state index < -0.39 is 22.2 Å². The lowest BCUT2D eigenvalue weighted by atomic mass is 10.0. The number of hydrogen-bond acceptors (Lipinski definition) is 4. The first-order valence-corrected chi connectivity index (χ1v) is 14.7. The molecule has 42 heavy (non-hydrogen) atoms. The highest BCUT2D eigenvalue weighted by Crippen LogP contribution is 2.39. The first-order chi connectivity index (χ1) is 20.0. The van der Waals surface area contributed by atoms with E-state index in [2.05, 4.69) is 95.7 Å². The van der Waals surface area contributed by atoms with E-state index in [4.69, 9.17) is 0 Å². The smallest absolute Gasteiger partial charge is 0.310 e. The zero-order chi connectivity index (χ0) is 29.6. The van der Waals surface area contributed by atoms with E-state index in [1.807, 2.05) is 18.2 Å². The number of hydrogen-bond donors (Lipinski definition) is 0. The molecule has 8 heteroatoms. The summed E-state index contributed by atoms with van der Waals surface area (Å²) >= 11 is 0. The van der Waals surface area contributed by atoms with Gasteiger partial charge in [-0.15, -0.1) is 0 Å². The number of benzene rings is 6. The van der Waals surface area contributed by atoms with Crippen LogP contribution in [0, 0.1) is 13.8 Å². The summed E-state index contributed by atoms with van der Waals surface area (Å²) in [7, 11) is -5.67. The van der Waals surface area contributed by atoms with Gasteiger partial charge in [0, 0.05) is 17.1 Å². The fraction of sp³-hybridized carbons (Fsp3) is 0.118. The molecule has 0 heterocycles. The Kier molecular flexibility index (Phi) is 6.91. The lowest BCUT2D eigenvalue weighted by Gasteiger charge is -2.26. The monoisotopic (exact) mass is 585 g/mol. The maximum atomic E-state index is 12.7. The molecule has 0 N–H and O–H groups in total. The maximum Gasteiger partial charge on any atom is 0.523 e. The summed E-state index contributed by atoms with van der Waals surface area (Å²) in [5.41, 5.74) is 0.0583. The van der Waals surface area contributed by atoms with E-state index in [1.165, 1.54) is 11.1 Å². The predicted molar refractivity (Wildman–Crippen MR) is 163 cm³/mol. The summed E-state index contributed by atoms with van der Waals surface area (Å²) in [5, 5.41) is 6.10. The highest BCUT2D eigenvalue weighted by Gasteiger charge is 2.47. The third-order valence-electron chi connectivity index (χ3n) is 7.29. The number of anilines is 3. The molecule has 0 bridgehead atoms. The van der Waals surface area contributed by atoms with Gasteiger partial charge >= 0.3 is 15.6 Å². The van der Waals surface area contributed by atoms with E-state index in [1.54, 1.807) is 18.2 Å². The van der Waals surface area contributed by atoms with Crippen molar-refractivity contribution in [2.24, 2.45) is 0 Å². The molecule has 6 aromatic carbocycles. The average molecular weight is 586 g/mol. The third-order valence-corrected chi connectivity index (χ3v) is 8.28. The molecular formula is C34H26F3NO3S. The summed E-state index contributed by atoms with van der Waals surface area (Å²) in [4.78, 5) is 2.17. The second kappa shape index (κ2) is 10.5. The highest BCUT2D eigenvalue weighted by atomic mass is 32.2. The van der Waals surface area contributed by atoms with Crippen LogP contribution in [0.1, 0.15) is 16.7 Å². The van der Waals surface area contributed by atoms with E-state index in [0.29, 0.717) is 5.56 Å². The van der Waals surface area contributed by atoms with Crippen molar-refractivity contribution in [2.75, 3.05) is 4.90 Å². The van der Waals surface area contributed by atoms with Gasteiger partial charge in [-0.2, -0.15) is 21.6 Å². The van der Waals surface area contributed by atoms with Crippen molar-refractivity contribution in [3.05, 3.63) is 126 Å². The van der Waals surface area contributed by atoms with Crippen molar-refractivity contribution in [1.29, 1.82) is 0 Å². The molecule has 4 nitrogen and oxygen atoms in total. The quantitative estimate of drug-likeness (QED) is 0.144. The Morgan fingerprint density at radius 1 is 0.571 bits per heavy atom. The topological polar surface area (TPSA) is 46.6 Å². The molecule has 0 aromatic heterocycles. The predicted octanol–water partition coefficient (Wildman–Crippen LogP) is 9.60. The van der Waals surface area contributed by atoms with Crippen LogP contribution in [-0.4, -0.2) is 13.9 Å². The van der Waals surface area contributed by atoms with Crippen molar-refractivity contribution in [1.82, 2.24) is 0 Å². The van der Waals surface area contributed by atoms with Crippen LogP contribution < -0.4 is 4.90 Å². The minimum atomic E-state index is -5.67. The maximum absolute atomic E-state index is 12.7. The van der Waals surface area contributed by atoms with E-state index in [-0.39, 0.29) is 0 Å². The fourth-order valence-electron chi connectivity index (χ4n) is 5.15. The van der Waals surface area contributed by atoms with Crippen LogP contribution in [0.2, 0.25) is 0 Å². The molecule has 0 aliphatic heterocycles. The molecule has 0 fully saturated rings. The summed E-state index contributed by atoms with van der Waals surface area (Å²) in [6, 6.07) is 36.2. The van der Waals surface area contributed by atoms with Crippen molar-refractivity contribution >= 4 is 59.5 Å². The standard InChI is InChI=1S/C34H26F3NO3S/c1-22-3-6-28-18-31(12-9-25(28)15-22)38(32-13-10-26-16-23(2)4-7-29(26)19-32)33-14-11-27-17-24(5-8-30(27)20-33)21-41-42(39,40)34(35,36)37/h3-20H,21H2,1-2H3. The molecule has 0 saturated carbocycles. The molecule has 212 valence electrons. The van der Waals surface area contributed by atoms with Gasteiger partial charge in [-0.1, -0.05) is 77.9 Å². The van der Waals surface area contributed by atoms with Crippen LogP contribution in [0.3, 0.4) is 0 Å². The fourth-order valence-corrected chi connectivity index (χ4v) is 5.58. The molecule has 0 radical (unpaired) electrons. The molecule has 0 spiro atoms. The molecule has 6 aromatic rings. The number of fused-ring (bicyclic) bond motifs is 3. The Morgan fingerprint density at radius 3 is 1.40 bits per heavy atom. The third kappa shape index (κ3) is 5.43. The summed E-state index contributed by atoms with van der Waals surface area (Å²) in [6.07, 6.45) is 0. The second-order valence-corrected chi connectivity index (χ2v) is 12.0.